The lowest BCUT2D eigenvalue weighted by Gasteiger charge is -2.34. The van der Waals surface area contributed by atoms with Crippen molar-refractivity contribution in [3.05, 3.63) is 71.8 Å². The highest BCUT2D eigenvalue weighted by Gasteiger charge is 2.36. The van der Waals surface area contributed by atoms with Crippen LogP contribution in [0.4, 0.5) is 5.69 Å². The van der Waals surface area contributed by atoms with Crippen molar-refractivity contribution >= 4 is 21.6 Å². The minimum absolute atomic E-state index is 0.0410. The molecule has 2 aromatic rings. The van der Waals surface area contributed by atoms with Crippen molar-refractivity contribution in [3.63, 3.8) is 0 Å². The van der Waals surface area contributed by atoms with Crippen molar-refractivity contribution in [2.75, 3.05) is 17.4 Å². The number of carbonyl (C=O) groups is 1. The highest BCUT2D eigenvalue weighted by Crippen LogP contribution is 2.35. The van der Waals surface area contributed by atoms with E-state index in [-0.39, 0.29) is 18.2 Å². The lowest BCUT2D eigenvalue weighted by molar-refractivity contribution is -0.127. The molecule has 0 spiro atoms. The van der Waals surface area contributed by atoms with Gasteiger partial charge in [0.1, 0.15) is 5.75 Å². The molecule has 1 aliphatic heterocycles. The van der Waals surface area contributed by atoms with Gasteiger partial charge in [-0.05, 0) is 49.8 Å². The number of hydrogen-bond donors (Lipinski definition) is 1. The number of para-hydroxylation sites is 2. The van der Waals surface area contributed by atoms with E-state index in [0.717, 1.165) is 19.3 Å². The fraction of sp³-hybridized carbons (Fsp3) is 0.375. The molecule has 1 amide bonds. The van der Waals surface area contributed by atoms with Gasteiger partial charge in [-0.15, -0.1) is 0 Å². The van der Waals surface area contributed by atoms with Gasteiger partial charge in [0.15, 0.2) is 6.10 Å². The SMILES string of the molecule is O=C(NCCC1=CCCCC1)[C@H]1CN(S(=O)(=O)Cc2ccccc2)c2ccccc2O1. The fourth-order valence-corrected chi connectivity index (χ4v) is 5.64. The number of rotatable bonds is 7. The van der Waals surface area contributed by atoms with Gasteiger partial charge in [-0.1, -0.05) is 54.1 Å². The van der Waals surface area contributed by atoms with Crippen LogP contribution in [0, 0.1) is 0 Å². The number of sulfonamides is 1. The van der Waals surface area contributed by atoms with Crippen molar-refractivity contribution in [1.82, 2.24) is 5.32 Å². The van der Waals surface area contributed by atoms with Crippen LogP contribution in [0.5, 0.6) is 5.75 Å². The number of carbonyl (C=O) groups excluding carboxylic acids is 1. The Kier molecular flexibility index (Phi) is 6.61. The molecule has 0 radical (unpaired) electrons. The molecule has 4 rings (SSSR count). The largest absolute Gasteiger partial charge is 0.476 e. The van der Waals surface area contributed by atoms with E-state index in [2.05, 4.69) is 11.4 Å². The number of ether oxygens (including phenoxy) is 1. The number of allylic oxidation sites excluding steroid dienone is 1. The molecule has 0 bridgehead atoms. The van der Waals surface area contributed by atoms with Crippen molar-refractivity contribution in [1.29, 1.82) is 0 Å². The Morgan fingerprint density at radius 3 is 2.61 bits per heavy atom. The molecule has 0 saturated heterocycles. The Bertz CT molecular complexity index is 1050. The van der Waals surface area contributed by atoms with Crippen LogP contribution in [-0.2, 0) is 20.6 Å². The second-order valence-corrected chi connectivity index (χ2v) is 9.89. The first-order valence-electron chi connectivity index (χ1n) is 10.8. The first-order chi connectivity index (χ1) is 15.0. The predicted octanol–water partition coefficient (Wildman–Crippen LogP) is 3.79. The minimum atomic E-state index is -3.69. The number of benzene rings is 2. The van der Waals surface area contributed by atoms with Gasteiger partial charge in [0.2, 0.25) is 10.0 Å². The zero-order valence-electron chi connectivity index (χ0n) is 17.5. The van der Waals surface area contributed by atoms with Crippen LogP contribution in [0.15, 0.2) is 66.2 Å². The molecule has 0 fully saturated rings. The highest BCUT2D eigenvalue weighted by atomic mass is 32.2. The van der Waals surface area contributed by atoms with Crippen LogP contribution in [0.3, 0.4) is 0 Å². The quantitative estimate of drug-likeness (QED) is 0.665. The molecule has 7 heteroatoms. The van der Waals surface area contributed by atoms with Crippen molar-refractivity contribution < 1.29 is 17.9 Å². The first-order valence-corrected chi connectivity index (χ1v) is 12.4. The Labute approximate surface area is 184 Å². The van der Waals surface area contributed by atoms with Gasteiger partial charge in [-0.25, -0.2) is 8.42 Å². The van der Waals surface area contributed by atoms with Crippen LogP contribution in [0.2, 0.25) is 0 Å². The zero-order chi connectivity index (χ0) is 21.7. The van der Waals surface area contributed by atoms with E-state index in [1.165, 1.54) is 22.7 Å². The average Bonchev–Trinajstić information content (AvgIpc) is 2.79. The summed E-state index contributed by atoms with van der Waals surface area (Å²) in [6, 6.07) is 16.0. The van der Waals surface area contributed by atoms with Crippen molar-refractivity contribution in [2.24, 2.45) is 0 Å². The topological polar surface area (TPSA) is 75.7 Å². The maximum absolute atomic E-state index is 13.2. The van der Waals surface area contributed by atoms with Gasteiger partial charge in [0, 0.05) is 6.54 Å². The number of nitrogens with one attached hydrogen (secondary N) is 1. The molecule has 2 aromatic carbocycles. The Balaban J connectivity index is 1.47. The van der Waals surface area contributed by atoms with Crippen LogP contribution < -0.4 is 14.4 Å². The standard InChI is InChI=1S/C24H28N2O4S/c27-24(25-16-15-19-9-3-1-4-10-19)23-17-26(21-13-7-8-14-22(21)30-23)31(28,29)18-20-11-5-2-6-12-20/h2,5-9,11-14,23H,1,3-4,10,15-18H2,(H,25,27)/t23-/m1/s1. The summed E-state index contributed by atoms with van der Waals surface area (Å²) in [4.78, 5) is 12.8. The summed E-state index contributed by atoms with van der Waals surface area (Å²) in [7, 11) is -3.69. The summed E-state index contributed by atoms with van der Waals surface area (Å²) >= 11 is 0. The molecule has 1 atom stereocenters. The van der Waals surface area contributed by atoms with Crippen LogP contribution >= 0.6 is 0 Å². The van der Waals surface area contributed by atoms with Crippen molar-refractivity contribution in [3.8, 4) is 5.75 Å². The maximum atomic E-state index is 13.2. The van der Waals surface area contributed by atoms with E-state index in [4.69, 9.17) is 4.74 Å². The van der Waals surface area contributed by atoms with E-state index in [9.17, 15) is 13.2 Å². The molecule has 2 aliphatic rings. The number of anilines is 1. The summed E-state index contributed by atoms with van der Waals surface area (Å²) in [6.07, 6.45) is 6.84. The molecule has 1 N–H and O–H groups in total. The smallest absolute Gasteiger partial charge is 0.263 e. The molecule has 164 valence electrons. The second-order valence-electron chi connectivity index (χ2n) is 8.00. The van der Waals surface area contributed by atoms with Gasteiger partial charge >= 0.3 is 0 Å². The first kappa shape index (κ1) is 21.4. The normalized spacial score (nSPS) is 18.5. The number of amides is 1. The number of nitrogens with zero attached hydrogens (tertiary/aromatic N) is 1. The fourth-order valence-electron chi connectivity index (χ4n) is 4.06. The molecule has 6 nitrogen and oxygen atoms in total. The maximum Gasteiger partial charge on any atom is 0.263 e. The van der Waals surface area contributed by atoms with Gasteiger partial charge in [-0.3, -0.25) is 9.10 Å². The summed E-state index contributed by atoms with van der Waals surface area (Å²) in [5.41, 5.74) is 2.55. The van der Waals surface area contributed by atoms with E-state index < -0.39 is 16.1 Å². The van der Waals surface area contributed by atoms with E-state index >= 15 is 0 Å². The lowest BCUT2D eigenvalue weighted by atomic mass is 9.97. The zero-order valence-corrected chi connectivity index (χ0v) is 18.3. The summed E-state index contributed by atoms with van der Waals surface area (Å²) in [5.74, 6) is -0.0173. The summed E-state index contributed by atoms with van der Waals surface area (Å²) in [6.45, 7) is 0.490. The third-order valence-corrected chi connectivity index (χ3v) is 7.40. The van der Waals surface area contributed by atoms with Gasteiger partial charge in [-0.2, -0.15) is 0 Å². The van der Waals surface area contributed by atoms with Gasteiger partial charge < -0.3 is 10.1 Å². The van der Waals surface area contributed by atoms with Gasteiger partial charge in [0.25, 0.3) is 5.91 Å². The molecular formula is C24H28N2O4S. The summed E-state index contributed by atoms with van der Waals surface area (Å²) < 4.78 is 33.7. The van der Waals surface area contributed by atoms with Crippen LogP contribution in [0.1, 0.15) is 37.7 Å². The van der Waals surface area contributed by atoms with Gasteiger partial charge in [0.05, 0.1) is 18.0 Å². The van der Waals surface area contributed by atoms with Crippen molar-refractivity contribution in [2.45, 2.75) is 44.0 Å². The Hall–Kier alpha value is -2.80. The average molecular weight is 441 g/mol. The third-order valence-electron chi connectivity index (χ3n) is 5.69. The third kappa shape index (κ3) is 5.28. The monoisotopic (exact) mass is 440 g/mol. The molecular weight excluding hydrogens is 412 g/mol. The van der Waals surface area contributed by atoms with Crippen LogP contribution in [-0.4, -0.2) is 33.5 Å². The van der Waals surface area contributed by atoms with E-state index in [0.29, 0.717) is 23.5 Å². The molecule has 0 aromatic heterocycles. The second kappa shape index (κ2) is 9.56. The molecule has 31 heavy (non-hydrogen) atoms. The molecule has 0 saturated carbocycles. The van der Waals surface area contributed by atoms with E-state index in [1.807, 2.05) is 18.2 Å². The van der Waals surface area contributed by atoms with E-state index in [1.54, 1.807) is 36.4 Å². The van der Waals surface area contributed by atoms with Crippen LogP contribution in [0.25, 0.3) is 0 Å². The number of fused-ring (bicyclic) bond motifs is 1. The Morgan fingerprint density at radius 1 is 1.06 bits per heavy atom. The highest BCUT2D eigenvalue weighted by molar-refractivity contribution is 7.92. The predicted molar refractivity (Wildman–Crippen MR) is 121 cm³/mol. The number of hydrogen-bond acceptors (Lipinski definition) is 4. The summed E-state index contributed by atoms with van der Waals surface area (Å²) in [5, 5.41) is 2.93. The lowest BCUT2D eigenvalue weighted by Crippen LogP contribution is -2.51. The molecule has 1 heterocycles. The molecule has 1 aliphatic carbocycles. The molecule has 0 unspecified atom stereocenters. The Morgan fingerprint density at radius 2 is 1.84 bits per heavy atom. The minimum Gasteiger partial charge on any atom is -0.476 e.